The van der Waals surface area contributed by atoms with Crippen molar-refractivity contribution in [1.82, 2.24) is 5.01 Å². The number of carbonyl (C=O) groups is 2. The van der Waals surface area contributed by atoms with Crippen molar-refractivity contribution in [3.63, 3.8) is 0 Å². The first-order valence-electron chi connectivity index (χ1n) is 10.00. The van der Waals surface area contributed by atoms with Crippen LogP contribution in [0.3, 0.4) is 0 Å². The molecule has 8 nitrogen and oxygen atoms in total. The maximum absolute atomic E-state index is 12.5. The van der Waals surface area contributed by atoms with Gasteiger partial charge in [-0.15, -0.1) is 5.10 Å². The molecule has 1 unspecified atom stereocenters. The number of rotatable bonds is 4. The molecule has 32 heavy (non-hydrogen) atoms. The van der Waals surface area contributed by atoms with Gasteiger partial charge in [-0.3, -0.25) is 9.59 Å². The average Bonchev–Trinajstić information content (AvgIpc) is 3.47. The number of amides is 2. The first-order valence-corrected chi connectivity index (χ1v) is 10.00. The van der Waals surface area contributed by atoms with E-state index in [9.17, 15) is 9.59 Å². The molecule has 0 spiro atoms. The van der Waals surface area contributed by atoms with E-state index in [1.54, 1.807) is 60.7 Å². The Balaban J connectivity index is 1.39. The van der Waals surface area contributed by atoms with Crippen LogP contribution in [0.25, 0.3) is 0 Å². The highest BCUT2D eigenvalue weighted by Crippen LogP contribution is 2.38. The Morgan fingerprint density at radius 1 is 0.969 bits per heavy atom. The van der Waals surface area contributed by atoms with E-state index >= 15 is 0 Å². The van der Waals surface area contributed by atoms with Gasteiger partial charge in [-0.2, -0.15) is 5.01 Å². The number of nitrogens with zero attached hydrogens (tertiary/aromatic N) is 2. The topological polar surface area (TPSA) is 89.5 Å². The van der Waals surface area contributed by atoms with Crippen molar-refractivity contribution < 1.29 is 23.8 Å². The monoisotopic (exact) mass is 429 g/mol. The van der Waals surface area contributed by atoms with Crippen molar-refractivity contribution in [3.8, 4) is 11.5 Å². The lowest BCUT2D eigenvalue weighted by Crippen LogP contribution is -2.25. The summed E-state index contributed by atoms with van der Waals surface area (Å²) in [5.74, 6) is 1.02. The molecular weight excluding hydrogens is 410 g/mol. The van der Waals surface area contributed by atoms with Crippen LogP contribution in [-0.4, -0.2) is 29.5 Å². The third-order valence-corrected chi connectivity index (χ3v) is 5.05. The summed E-state index contributed by atoms with van der Waals surface area (Å²) in [6.07, 6.45) is -0.737. The maximum Gasteiger partial charge on any atom is 0.255 e. The van der Waals surface area contributed by atoms with Crippen molar-refractivity contribution in [2.75, 3.05) is 12.1 Å². The molecular formula is C24H19N3O5. The Bertz CT molecular complexity index is 1230. The Kier molecular flexibility index (Phi) is 4.95. The molecule has 160 valence electrons. The van der Waals surface area contributed by atoms with Crippen LogP contribution in [0.5, 0.6) is 11.5 Å². The average molecular weight is 429 g/mol. The number of benzene rings is 3. The predicted molar refractivity (Wildman–Crippen MR) is 116 cm³/mol. The quantitative estimate of drug-likeness (QED) is 0.679. The number of anilines is 1. The molecule has 0 aliphatic carbocycles. The van der Waals surface area contributed by atoms with Gasteiger partial charge in [0.1, 0.15) is 0 Å². The zero-order chi connectivity index (χ0) is 22.1. The van der Waals surface area contributed by atoms with Gasteiger partial charge in [0.15, 0.2) is 11.5 Å². The SMILES string of the molecule is CC(=O)N1N=C(c2cccc(NC(=O)c3ccccc3)c2)OC1c1ccc2c(c1)OCO2. The number of hydrazone groups is 1. The molecule has 1 atom stereocenters. The first-order chi connectivity index (χ1) is 15.6. The Hall–Kier alpha value is -4.33. The lowest BCUT2D eigenvalue weighted by molar-refractivity contribution is -0.135. The summed E-state index contributed by atoms with van der Waals surface area (Å²) in [6.45, 7) is 1.58. The largest absolute Gasteiger partial charge is 0.454 e. The van der Waals surface area contributed by atoms with Gasteiger partial charge in [0, 0.05) is 29.3 Å². The van der Waals surface area contributed by atoms with Crippen LogP contribution >= 0.6 is 0 Å². The summed E-state index contributed by atoms with van der Waals surface area (Å²) >= 11 is 0. The summed E-state index contributed by atoms with van der Waals surface area (Å²) in [4.78, 5) is 24.7. The van der Waals surface area contributed by atoms with Crippen molar-refractivity contribution in [2.24, 2.45) is 5.10 Å². The minimum absolute atomic E-state index is 0.157. The lowest BCUT2D eigenvalue weighted by Gasteiger charge is -2.19. The van der Waals surface area contributed by atoms with Gasteiger partial charge in [-0.05, 0) is 48.5 Å². The van der Waals surface area contributed by atoms with Crippen LogP contribution in [0.4, 0.5) is 5.69 Å². The Morgan fingerprint density at radius 3 is 2.59 bits per heavy atom. The van der Waals surface area contributed by atoms with Gasteiger partial charge in [-0.25, -0.2) is 0 Å². The Labute approximate surface area is 184 Å². The second-order valence-corrected chi connectivity index (χ2v) is 7.25. The number of ether oxygens (including phenoxy) is 3. The second-order valence-electron chi connectivity index (χ2n) is 7.25. The third-order valence-electron chi connectivity index (χ3n) is 5.05. The summed E-state index contributed by atoms with van der Waals surface area (Å²) in [6, 6.07) is 21.4. The van der Waals surface area contributed by atoms with E-state index in [1.165, 1.54) is 11.9 Å². The van der Waals surface area contributed by atoms with E-state index in [-0.39, 0.29) is 24.5 Å². The van der Waals surface area contributed by atoms with Crippen molar-refractivity contribution >= 4 is 23.4 Å². The van der Waals surface area contributed by atoms with E-state index in [0.29, 0.717) is 33.9 Å². The summed E-state index contributed by atoms with van der Waals surface area (Å²) in [5.41, 5.74) is 2.48. The van der Waals surface area contributed by atoms with Gasteiger partial charge in [0.25, 0.3) is 5.91 Å². The standard InChI is InChI=1S/C24H19N3O5/c1-15(28)27-24(18-10-11-20-21(13-18)31-14-30-20)32-23(26-27)17-8-5-9-19(12-17)25-22(29)16-6-3-2-4-7-16/h2-13,24H,14H2,1H3,(H,25,29). The number of fused-ring (bicyclic) bond motifs is 1. The van der Waals surface area contributed by atoms with Crippen LogP contribution in [0.15, 0.2) is 77.9 Å². The van der Waals surface area contributed by atoms with E-state index in [4.69, 9.17) is 14.2 Å². The number of nitrogens with one attached hydrogen (secondary N) is 1. The van der Waals surface area contributed by atoms with Gasteiger partial charge < -0.3 is 19.5 Å². The highest BCUT2D eigenvalue weighted by atomic mass is 16.7. The fourth-order valence-corrected chi connectivity index (χ4v) is 3.49. The summed E-state index contributed by atoms with van der Waals surface area (Å²) in [7, 11) is 0. The van der Waals surface area contributed by atoms with E-state index in [1.807, 2.05) is 12.1 Å². The molecule has 3 aromatic rings. The highest BCUT2D eigenvalue weighted by Gasteiger charge is 2.34. The number of hydrogen-bond acceptors (Lipinski definition) is 6. The molecule has 8 heteroatoms. The number of hydrogen-bond donors (Lipinski definition) is 1. The van der Waals surface area contributed by atoms with E-state index in [0.717, 1.165) is 0 Å². The van der Waals surface area contributed by atoms with Crippen molar-refractivity contribution in [3.05, 3.63) is 89.5 Å². The molecule has 5 rings (SSSR count). The lowest BCUT2D eigenvalue weighted by atomic mass is 10.1. The van der Waals surface area contributed by atoms with Gasteiger partial charge in [0.2, 0.25) is 24.8 Å². The molecule has 2 heterocycles. The maximum atomic E-state index is 12.5. The van der Waals surface area contributed by atoms with E-state index < -0.39 is 6.23 Å². The smallest absolute Gasteiger partial charge is 0.255 e. The second kappa shape index (κ2) is 8.07. The summed E-state index contributed by atoms with van der Waals surface area (Å²) < 4.78 is 16.8. The molecule has 0 radical (unpaired) electrons. The fourth-order valence-electron chi connectivity index (χ4n) is 3.49. The molecule has 2 aliphatic rings. The first kappa shape index (κ1) is 19.6. The van der Waals surface area contributed by atoms with Crippen LogP contribution in [-0.2, 0) is 9.53 Å². The van der Waals surface area contributed by atoms with E-state index in [2.05, 4.69) is 10.4 Å². The molecule has 1 N–H and O–H groups in total. The molecule has 0 saturated carbocycles. The van der Waals surface area contributed by atoms with Crippen LogP contribution < -0.4 is 14.8 Å². The highest BCUT2D eigenvalue weighted by molar-refractivity contribution is 6.05. The Morgan fingerprint density at radius 2 is 1.78 bits per heavy atom. The normalized spacial score (nSPS) is 16.3. The molecule has 2 amide bonds. The summed E-state index contributed by atoms with van der Waals surface area (Å²) in [5, 5.41) is 8.53. The van der Waals surface area contributed by atoms with Gasteiger partial charge >= 0.3 is 0 Å². The molecule has 3 aromatic carbocycles. The zero-order valence-corrected chi connectivity index (χ0v) is 17.1. The minimum atomic E-state index is -0.737. The third kappa shape index (κ3) is 3.74. The molecule has 0 aromatic heterocycles. The van der Waals surface area contributed by atoms with Gasteiger partial charge in [-0.1, -0.05) is 24.3 Å². The van der Waals surface area contributed by atoms with Crippen LogP contribution in [0.1, 0.15) is 34.6 Å². The molecule has 2 aliphatic heterocycles. The zero-order valence-electron chi connectivity index (χ0n) is 17.1. The van der Waals surface area contributed by atoms with Crippen molar-refractivity contribution in [2.45, 2.75) is 13.2 Å². The molecule has 0 fully saturated rings. The van der Waals surface area contributed by atoms with Gasteiger partial charge in [0.05, 0.1) is 0 Å². The molecule has 0 bridgehead atoms. The fraction of sp³-hybridized carbons (Fsp3) is 0.125. The van der Waals surface area contributed by atoms with Crippen molar-refractivity contribution in [1.29, 1.82) is 0 Å². The van der Waals surface area contributed by atoms with Crippen LogP contribution in [0.2, 0.25) is 0 Å². The predicted octanol–water partition coefficient (Wildman–Crippen LogP) is 3.91. The number of carbonyl (C=O) groups excluding carboxylic acids is 2. The molecule has 0 saturated heterocycles. The van der Waals surface area contributed by atoms with Crippen LogP contribution in [0, 0.1) is 0 Å². The minimum Gasteiger partial charge on any atom is -0.454 e.